The van der Waals surface area contributed by atoms with Crippen molar-refractivity contribution in [3.63, 3.8) is 0 Å². The molecule has 4 amide bonds. The van der Waals surface area contributed by atoms with Gasteiger partial charge in [0.2, 0.25) is 0 Å². The minimum Gasteiger partial charge on any atom is -0.439 e. The predicted octanol–water partition coefficient (Wildman–Crippen LogP) is 2.84. The van der Waals surface area contributed by atoms with E-state index in [1.54, 1.807) is 6.07 Å². The molecule has 0 aliphatic carbocycles. The van der Waals surface area contributed by atoms with E-state index in [0.717, 1.165) is 16.0 Å². The first kappa shape index (κ1) is 17.5. The molecule has 0 bridgehead atoms. The van der Waals surface area contributed by atoms with Gasteiger partial charge < -0.3 is 15.4 Å². The van der Waals surface area contributed by atoms with Crippen LogP contribution in [0.2, 0.25) is 0 Å². The largest absolute Gasteiger partial charge is 0.439 e. The number of imide groups is 1. The highest BCUT2D eigenvalue weighted by atomic mass is 16.6. The summed E-state index contributed by atoms with van der Waals surface area (Å²) in [6.07, 6.45) is -0.697. The third kappa shape index (κ3) is 4.18. The maximum absolute atomic E-state index is 12.4. The van der Waals surface area contributed by atoms with Gasteiger partial charge in [-0.2, -0.15) is 0 Å². The van der Waals surface area contributed by atoms with Gasteiger partial charge in [0.25, 0.3) is 5.91 Å². The van der Waals surface area contributed by atoms with Crippen molar-refractivity contribution < 1.29 is 19.1 Å². The van der Waals surface area contributed by atoms with Crippen molar-refractivity contribution in [2.75, 3.05) is 18.5 Å². The van der Waals surface area contributed by atoms with Crippen LogP contribution in [0.25, 0.3) is 0 Å². The molecule has 1 aliphatic heterocycles. The SMILES string of the molecule is Cc1cccc(NC(=O)NC(CN2C(=O)COC2=O)c2ccccc2)c1. The number of benzene rings is 2. The summed E-state index contributed by atoms with van der Waals surface area (Å²) in [6.45, 7) is 1.67. The quantitative estimate of drug-likeness (QED) is 0.865. The molecular weight excluding hydrogens is 334 g/mol. The monoisotopic (exact) mass is 353 g/mol. The topological polar surface area (TPSA) is 87.7 Å². The number of nitrogens with one attached hydrogen (secondary N) is 2. The molecule has 2 aromatic rings. The highest BCUT2D eigenvalue weighted by Gasteiger charge is 2.33. The van der Waals surface area contributed by atoms with Crippen LogP contribution in [0.1, 0.15) is 17.2 Å². The van der Waals surface area contributed by atoms with E-state index in [9.17, 15) is 14.4 Å². The Morgan fingerprint density at radius 1 is 1.15 bits per heavy atom. The summed E-state index contributed by atoms with van der Waals surface area (Å²) in [6, 6.07) is 15.6. The molecule has 0 spiro atoms. The summed E-state index contributed by atoms with van der Waals surface area (Å²) in [4.78, 5) is 36.9. The van der Waals surface area contributed by atoms with Gasteiger partial charge in [0, 0.05) is 5.69 Å². The van der Waals surface area contributed by atoms with E-state index >= 15 is 0 Å². The normalized spacial score (nSPS) is 14.7. The molecule has 1 atom stereocenters. The van der Waals surface area contributed by atoms with E-state index in [4.69, 9.17) is 4.74 Å². The van der Waals surface area contributed by atoms with Crippen molar-refractivity contribution in [1.82, 2.24) is 10.2 Å². The molecule has 1 fully saturated rings. The summed E-state index contributed by atoms with van der Waals surface area (Å²) in [7, 11) is 0. The molecule has 7 heteroatoms. The van der Waals surface area contributed by atoms with Crippen LogP contribution in [0.5, 0.6) is 0 Å². The number of nitrogens with zero attached hydrogens (tertiary/aromatic N) is 1. The standard InChI is InChI=1S/C19H19N3O4/c1-13-6-5-9-15(10-13)20-18(24)21-16(14-7-3-2-4-8-14)11-22-17(23)12-26-19(22)25/h2-10,16H,11-12H2,1H3,(H2,20,21,24). The zero-order chi connectivity index (χ0) is 18.5. The van der Waals surface area contributed by atoms with E-state index < -0.39 is 24.1 Å². The molecule has 2 aromatic carbocycles. The molecule has 134 valence electrons. The number of amides is 4. The minimum atomic E-state index is -0.697. The number of carbonyl (C=O) groups is 3. The lowest BCUT2D eigenvalue weighted by molar-refractivity contribution is -0.126. The van der Waals surface area contributed by atoms with E-state index in [0.29, 0.717) is 5.69 Å². The summed E-state index contributed by atoms with van der Waals surface area (Å²) in [5.74, 6) is -0.420. The lowest BCUT2D eigenvalue weighted by Crippen LogP contribution is -2.41. The Hall–Kier alpha value is -3.35. The first-order valence-electron chi connectivity index (χ1n) is 8.19. The lowest BCUT2D eigenvalue weighted by Gasteiger charge is -2.23. The number of hydrogen-bond acceptors (Lipinski definition) is 4. The molecule has 2 N–H and O–H groups in total. The van der Waals surface area contributed by atoms with Crippen LogP contribution < -0.4 is 10.6 Å². The number of urea groups is 1. The first-order valence-corrected chi connectivity index (χ1v) is 8.19. The average molecular weight is 353 g/mol. The van der Waals surface area contributed by atoms with Gasteiger partial charge in [-0.15, -0.1) is 0 Å². The van der Waals surface area contributed by atoms with Gasteiger partial charge in [0.1, 0.15) is 0 Å². The second-order valence-corrected chi connectivity index (χ2v) is 5.99. The summed E-state index contributed by atoms with van der Waals surface area (Å²) < 4.78 is 4.74. The van der Waals surface area contributed by atoms with Crippen LogP contribution in [0, 0.1) is 6.92 Å². The third-order valence-electron chi connectivity index (χ3n) is 3.99. The van der Waals surface area contributed by atoms with E-state index in [2.05, 4.69) is 10.6 Å². The van der Waals surface area contributed by atoms with Crippen LogP contribution in [-0.2, 0) is 9.53 Å². The maximum atomic E-state index is 12.4. The molecular formula is C19H19N3O4. The van der Waals surface area contributed by atoms with Crippen LogP contribution in [0.4, 0.5) is 15.3 Å². The summed E-state index contributed by atoms with van der Waals surface area (Å²) >= 11 is 0. The average Bonchev–Trinajstić information content (AvgIpc) is 2.94. The molecule has 1 unspecified atom stereocenters. The van der Waals surface area contributed by atoms with Gasteiger partial charge in [-0.05, 0) is 30.2 Å². The van der Waals surface area contributed by atoms with Crippen LogP contribution in [-0.4, -0.2) is 36.1 Å². The van der Waals surface area contributed by atoms with Gasteiger partial charge >= 0.3 is 12.1 Å². The Balaban J connectivity index is 1.74. The zero-order valence-electron chi connectivity index (χ0n) is 14.3. The molecule has 3 rings (SSSR count). The van der Waals surface area contributed by atoms with Crippen molar-refractivity contribution in [3.8, 4) is 0 Å². The zero-order valence-corrected chi connectivity index (χ0v) is 14.3. The lowest BCUT2D eigenvalue weighted by atomic mass is 10.1. The van der Waals surface area contributed by atoms with Crippen molar-refractivity contribution in [3.05, 3.63) is 65.7 Å². The van der Waals surface area contributed by atoms with Crippen molar-refractivity contribution in [2.24, 2.45) is 0 Å². The smallest absolute Gasteiger partial charge is 0.417 e. The van der Waals surface area contributed by atoms with Crippen LogP contribution in [0.3, 0.4) is 0 Å². The molecule has 0 aromatic heterocycles. The first-order chi connectivity index (χ1) is 12.5. The molecule has 7 nitrogen and oxygen atoms in total. The molecule has 1 heterocycles. The second-order valence-electron chi connectivity index (χ2n) is 5.99. The molecule has 0 saturated carbocycles. The number of ether oxygens (including phenoxy) is 1. The van der Waals surface area contributed by atoms with E-state index in [-0.39, 0.29) is 13.2 Å². The number of carbonyl (C=O) groups excluding carboxylic acids is 3. The van der Waals surface area contributed by atoms with Gasteiger partial charge in [-0.3, -0.25) is 4.79 Å². The fourth-order valence-corrected chi connectivity index (χ4v) is 2.71. The molecule has 1 saturated heterocycles. The van der Waals surface area contributed by atoms with Crippen molar-refractivity contribution in [2.45, 2.75) is 13.0 Å². The molecule has 26 heavy (non-hydrogen) atoms. The molecule has 1 aliphatic rings. The number of aryl methyl sites for hydroxylation is 1. The third-order valence-corrected chi connectivity index (χ3v) is 3.99. The maximum Gasteiger partial charge on any atom is 0.417 e. The fraction of sp³-hybridized carbons (Fsp3) is 0.211. The second kappa shape index (κ2) is 7.69. The van der Waals surface area contributed by atoms with E-state index in [1.165, 1.54) is 0 Å². The predicted molar refractivity (Wildman–Crippen MR) is 95.6 cm³/mol. The van der Waals surface area contributed by atoms with E-state index in [1.807, 2.05) is 55.5 Å². The van der Waals surface area contributed by atoms with Gasteiger partial charge in [-0.25, -0.2) is 14.5 Å². The summed E-state index contributed by atoms with van der Waals surface area (Å²) in [5, 5.41) is 5.58. The number of cyclic esters (lactones) is 1. The Morgan fingerprint density at radius 2 is 1.92 bits per heavy atom. The van der Waals surface area contributed by atoms with Crippen LogP contribution in [0.15, 0.2) is 54.6 Å². The number of hydrogen-bond donors (Lipinski definition) is 2. The summed E-state index contributed by atoms with van der Waals surface area (Å²) in [5.41, 5.74) is 2.46. The Kier molecular flexibility index (Phi) is 5.17. The van der Waals surface area contributed by atoms with Crippen molar-refractivity contribution >= 4 is 23.7 Å². The minimum absolute atomic E-state index is 0.00289. The van der Waals surface area contributed by atoms with Gasteiger partial charge in [0.05, 0.1) is 12.6 Å². The van der Waals surface area contributed by atoms with Gasteiger partial charge in [-0.1, -0.05) is 42.5 Å². The fourth-order valence-electron chi connectivity index (χ4n) is 2.71. The Morgan fingerprint density at radius 3 is 2.58 bits per heavy atom. The van der Waals surface area contributed by atoms with Gasteiger partial charge in [0.15, 0.2) is 6.61 Å². The number of anilines is 1. The molecule has 0 radical (unpaired) electrons. The Bertz CT molecular complexity index is 807. The Labute approximate surface area is 150 Å². The van der Waals surface area contributed by atoms with Crippen molar-refractivity contribution in [1.29, 1.82) is 0 Å². The highest BCUT2D eigenvalue weighted by molar-refractivity contribution is 5.98. The highest BCUT2D eigenvalue weighted by Crippen LogP contribution is 2.18. The van der Waals surface area contributed by atoms with Crippen LogP contribution >= 0.6 is 0 Å². The number of rotatable bonds is 5.